The van der Waals surface area contributed by atoms with Gasteiger partial charge in [-0.3, -0.25) is 0 Å². The van der Waals surface area contributed by atoms with E-state index in [4.69, 9.17) is 23.2 Å². The average molecular weight is 327 g/mol. The molecule has 0 fully saturated rings. The fourth-order valence-corrected chi connectivity index (χ4v) is 2.80. The standard InChI is InChI=1S/C15H20Cl2N4/c1-4-18-13(11-6-5-7-12(16)15(11)17)8-14-19-9-20-21(14)10(2)3/h5-7,9-10,13,18H,4,8H2,1-3H3. The number of halogens is 2. The maximum Gasteiger partial charge on any atom is 0.138 e. The van der Waals surface area contributed by atoms with Crippen LogP contribution in [0.4, 0.5) is 0 Å². The highest BCUT2D eigenvalue weighted by Gasteiger charge is 2.19. The molecule has 1 aromatic carbocycles. The first-order valence-electron chi connectivity index (χ1n) is 7.10. The molecule has 0 radical (unpaired) electrons. The van der Waals surface area contributed by atoms with Crippen molar-refractivity contribution in [1.29, 1.82) is 0 Å². The lowest BCUT2D eigenvalue weighted by Gasteiger charge is -2.20. The summed E-state index contributed by atoms with van der Waals surface area (Å²) in [7, 11) is 0. The van der Waals surface area contributed by atoms with Crippen molar-refractivity contribution in [2.24, 2.45) is 0 Å². The quantitative estimate of drug-likeness (QED) is 0.870. The Morgan fingerprint density at radius 3 is 2.71 bits per heavy atom. The van der Waals surface area contributed by atoms with E-state index < -0.39 is 0 Å². The monoisotopic (exact) mass is 326 g/mol. The molecule has 2 aromatic rings. The van der Waals surface area contributed by atoms with Crippen LogP contribution in [-0.2, 0) is 6.42 Å². The number of rotatable bonds is 6. The third-order valence-corrected chi connectivity index (χ3v) is 4.16. The average Bonchev–Trinajstić information content (AvgIpc) is 2.90. The van der Waals surface area contributed by atoms with Crippen LogP contribution in [0.25, 0.3) is 0 Å². The summed E-state index contributed by atoms with van der Waals surface area (Å²) in [6, 6.07) is 6.05. The normalized spacial score (nSPS) is 12.9. The molecule has 1 atom stereocenters. The minimum absolute atomic E-state index is 0.0582. The molecule has 1 N–H and O–H groups in total. The molecule has 114 valence electrons. The third kappa shape index (κ3) is 3.76. The predicted octanol–water partition coefficient (Wildman–Crippen LogP) is 4.06. The highest BCUT2D eigenvalue weighted by molar-refractivity contribution is 6.42. The van der Waals surface area contributed by atoms with E-state index in [1.807, 2.05) is 16.8 Å². The molecule has 21 heavy (non-hydrogen) atoms. The van der Waals surface area contributed by atoms with Crippen LogP contribution in [0.3, 0.4) is 0 Å². The summed E-state index contributed by atoms with van der Waals surface area (Å²) >= 11 is 12.5. The van der Waals surface area contributed by atoms with Gasteiger partial charge in [0.1, 0.15) is 12.2 Å². The fraction of sp³-hybridized carbons (Fsp3) is 0.467. The third-order valence-electron chi connectivity index (χ3n) is 3.33. The molecule has 6 heteroatoms. The van der Waals surface area contributed by atoms with Gasteiger partial charge in [-0.1, -0.05) is 42.3 Å². The van der Waals surface area contributed by atoms with Gasteiger partial charge in [0.2, 0.25) is 0 Å². The molecule has 0 saturated carbocycles. The zero-order valence-electron chi connectivity index (χ0n) is 12.5. The molecule has 0 spiro atoms. The smallest absolute Gasteiger partial charge is 0.138 e. The van der Waals surface area contributed by atoms with Crippen LogP contribution in [0.1, 0.15) is 44.2 Å². The van der Waals surface area contributed by atoms with Crippen molar-refractivity contribution in [3.8, 4) is 0 Å². The first kappa shape index (κ1) is 16.3. The van der Waals surface area contributed by atoms with E-state index >= 15 is 0 Å². The van der Waals surface area contributed by atoms with Gasteiger partial charge < -0.3 is 5.32 Å². The van der Waals surface area contributed by atoms with Crippen LogP contribution < -0.4 is 5.32 Å². The van der Waals surface area contributed by atoms with E-state index in [1.165, 1.54) is 0 Å². The molecule has 1 unspecified atom stereocenters. The van der Waals surface area contributed by atoms with Gasteiger partial charge >= 0.3 is 0 Å². The highest BCUT2D eigenvalue weighted by Crippen LogP contribution is 2.31. The molecule has 2 rings (SSSR count). The molecule has 0 aliphatic carbocycles. The minimum atomic E-state index is 0.0582. The van der Waals surface area contributed by atoms with Crippen LogP contribution in [0.5, 0.6) is 0 Å². The number of nitrogens with zero attached hydrogens (tertiary/aromatic N) is 3. The zero-order valence-corrected chi connectivity index (χ0v) is 14.0. The molecule has 4 nitrogen and oxygen atoms in total. The van der Waals surface area contributed by atoms with Crippen molar-refractivity contribution < 1.29 is 0 Å². The van der Waals surface area contributed by atoms with Gasteiger partial charge in [0.15, 0.2) is 0 Å². The lowest BCUT2D eigenvalue weighted by molar-refractivity contribution is 0.468. The SMILES string of the molecule is CCNC(Cc1ncnn1C(C)C)c1cccc(Cl)c1Cl. The summed E-state index contributed by atoms with van der Waals surface area (Å²) in [4.78, 5) is 4.37. The Labute approximate surface area is 135 Å². The Hall–Kier alpha value is -1.10. The topological polar surface area (TPSA) is 42.7 Å². The minimum Gasteiger partial charge on any atom is -0.310 e. The van der Waals surface area contributed by atoms with Crippen molar-refractivity contribution in [2.45, 2.75) is 39.3 Å². The Balaban J connectivity index is 2.31. The predicted molar refractivity (Wildman–Crippen MR) is 87.0 cm³/mol. The second-order valence-electron chi connectivity index (χ2n) is 5.17. The largest absolute Gasteiger partial charge is 0.310 e. The van der Waals surface area contributed by atoms with Crippen LogP contribution in [-0.4, -0.2) is 21.3 Å². The number of aromatic nitrogens is 3. The Morgan fingerprint density at radius 2 is 2.05 bits per heavy atom. The summed E-state index contributed by atoms with van der Waals surface area (Å²) in [5.74, 6) is 0.937. The molecule has 0 bridgehead atoms. The Bertz CT molecular complexity index is 595. The summed E-state index contributed by atoms with van der Waals surface area (Å²) in [6.07, 6.45) is 2.31. The molecule has 0 aliphatic rings. The number of benzene rings is 1. The Morgan fingerprint density at radius 1 is 1.29 bits per heavy atom. The van der Waals surface area contributed by atoms with Crippen LogP contribution in [0.15, 0.2) is 24.5 Å². The lowest BCUT2D eigenvalue weighted by Crippen LogP contribution is -2.25. The van der Waals surface area contributed by atoms with Crippen LogP contribution in [0, 0.1) is 0 Å². The highest BCUT2D eigenvalue weighted by atomic mass is 35.5. The van der Waals surface area contributed by atoms with Crippen molar-refractivity contribution in [1.82, 2.24) is 20.1 Å². The van der Waals surface area contributed by atoms with Gasteiger partial charge in [-0.2, -0.15) is 5.10 Å². The van der Waals surface area contributed by atoms with E-state index in [0.29, 0.717) is 16.5 Å². The molecule has 0 amide bonds. The van der Waals surface area contributed by atoms with Crippen molar-refractivity contribution in [3.05, 3.63) is 46.0 Å². The lowest BCUT2D eigenvalue weighted by atomic mass is 10.0. The molecule has 1 aromatic heterocycles. The zero-order chi connectivity index (χ0) is 15.4. The molecule has 0 aliphatic heterocycles. The maximum atomic E-state index is 6.35. The second-order valence-corrected chi connectivity index (χ2v) is 5.96. The number of nitrogens with one attached hydrogen (secondary N) is 1. The van der Waals surface area contributed by atoms with Crippen molar-refractivity contribution in [3.63, 3.8) is 0 Å². The summed E-state index contributed by atoms with van der Waals surface area (Å²) < 4.78 is 1.93. The van der Waals surface area contributed by atoms with E-state index in [1.54, 1.807) is 12.4 Å². The van der Waals surface area contributed by atoms with Crippen LogP contribution >= 0.6 is 23.2 Å². The number of hydrogen-bond donors (Lipinski definition) is 1. The Kier molecular flexibility index (Phi) is 5.62. The van der Waals surface area contributed by atoms with E-state index in [9.17, 15) is 0 Å². The maximum absolute atomic E-state index is 6.35. The first-order chi connectivity index (χ1) is 10.0. The van der Waals surface area contributed by atoms with E-state index in [0.717, 1.165) is 17.9 Å². The van der Waals surface area contributed by atoms with Gasteiger partial charge in [0.05, 0.1) is 10.0 Å². The van der Waals surface area contributed by atoms with Crippen LogP contribution in [0.2, 0.25) is 10.0 Å². The van der Waals surface area contributed by atoms with Gasteiger partial charge in [-0.05, 0) is 32.0 Å². The first-order valence-corrected chi connectivity index (χ1v) is 7.85. The summed E-state index contributed by atoms with van der Waals surface area (Å²) in [5, 5.41) is 8.90. The number of hydrogen-bond acceptors (Lipinski definition) is 3. The van der Waals surface area contributed by atoms with Crippen molar-refractivity contribution in [2.75, 3.05) is 6.54 Å². The van der Waals surface area contributed by atoms with E-state index in [-0.39, 0.29) is 12.1 Å². The second kappa shape index (κ2) is 7.25. The van der Waals surface area contributed by atoms with Gasteiger partial charge in [0.25, 0.3) is 0 Å². The summed E-state index contributed by atoms with van der Waals surface area (Å²) in [5.41, 5.74) is 0.990. The van der Waals surface area contributed by atoms with Gasteiger partial charge in [0, 0.05) is 18.5 Å². The number of likely N-dealkylation sites (N-methyl/N-ethyl adjacent to an activating group) is 1. The molecular formula is C15H20Cl2N4. The van der Waals surface area contributed by atoms with Gasteiger partial charge in [-0.15, -0.1) is 0 Å². The van der Waals surface area contributed by atoms with Gasteiger partial charge in [-0.25, -0.2) is 9.67 Å². The van der Waals surface area contributed by atoms with Crippen molar-refractivity contribution >= 4 is 23.2 Å². The fourth-order valence-electron chi connectivity index (χ4n) is 2.36. The molecule has 0 saturated heterocycles. The molecule has 1 heterocycles. The summed E-state index contributed by atoms with van der Waals surface area (Å²) in [6.45, 7) is 7.08. The molecular weight excluding hydrogens is 307 g/mol. The van der Waals surface area contributed by atoms with E-state index in [2.05, 4.69) is 36.2 Å².